The molecule has 55 heavy (non-hydrogen) atoms. The van der Waals surface area contributed by atoms with E-state index in [1.165, 1.54) is 54.4 Å². The number of para-hydroxylation sites is 2. The average molecular weight is 710 g/mol. The van der Waals surface area contributed by atoms with E-state index in [0.29, 0.717) is 5.41 Å². The number of ether oxygens (including phenoxy) is 1. The Kier molecular flexibility index (Phi) is 5.21. The number of furan rings is 1. The van der Waals surface area contributed by atoms with Gasteiger partial charge >= 0.3 is 0 Å². The van der Waals surface area contributed by atoms with Crippen molar-refractivity contribution in [3.8, 4) is 45.4 Å². The van der Waals surface area contributed by atoms with Crippen LogP contribution in [0.1, 0.15) is 60.2 Å². The summed E-state index contributed by atoms with van der Waals surface area (Å²) in [6.45, 7) is 0. The molecule has 5 atom stereocenters. The Balaban J connectivity index is 1.00. The fourth-order valence-electron chi connectivity index (χ4n) is 13.1. The molecule has 2 spiro atoms. The van der Waals surface area contributed by atoms with E-state index in [2.05, 4.69) is 121 Å². The third-order valence-electron chi connectivity index (χ3n) is 15.2. The molecule has 5 nitrogen and oxygen atoms in total. The van der Waals surface area contributed by atoms with Gasteiger partial charge in [0.15, 0.2) is 11.6 Å². The highest BCUT2D eigenvalue weighted by molar-refractivity contribution is 6.05. The predicted octanol–water partition coefficient (Wildman–Crippen LogP) is 11.7. The summed E-state index contributed by atoms with van der Waals surface area (Å²) in [5.41, 5.74) is 11.0. The van der Waals surface area contributed by atoms with Gasteiger partial charge in [-0.25, -0.2) is 15.0 Å². The molecular weight excluding hydrogens is 675 g/mol. The van der Waals surface area contributed by atoms with Crippen molar-refractivity contribution >= 4 is 21.9 Å². The first-order valence-electron chi connectivity index (χ1n) is 19.9. The molecule has 4 fully saturated rings. The molecule has 2 aromatic heterocycles. The number of aromatic nitrogens is 3. The lowest BCUT2D eigenvalue weighted by Crippen LogP contribution is -2.59. The lowest BCUT2D eigenvalue weighted by molar-refractivity contribution is -0.175. The van der Waals surface area contributed by atoms with Gasteiger partial charge < -0.3 is 9.15 Å². The van der Waals surface area contributed by atoms with Gasteiger partial charge in [-0.1, -0.05) is 91.0 Å². The van der Waals surface area contributed by atoms with E-state index in [1.807, 2.05) is 12.1 Å². The van der Waals surface area contributed by atoms with Gasteiger partial charge in [-0.15, -0.1) is 0 Å². The van der Waals surface area contributed by atoms with Crippen LogP contribution in [0.2, 0.25) is 0 Å². The van der Waals surface area contributed by atoms with E-state index in [0.717, 1.165) is 90.9 Å². The molecule has 5 heteroatoms. The van der Waals surface area contributed by atoms with Crippen LogP contribution >= 0.6 is 0 Å². The Bertz CT molecular complexity index is 2950. The molecule has 0 amide bonds. The average Bonchev–Trinajstić information content (AvgIpc) is 3.94. The smallest absolute Gasteiger partial charge is 0.163 e. The second kappa shape index (κ2) is 9.77. The molecule has 1 aliphatic heterocycles. The monoisotopic (exact) mass is 709 g/mol. The normalized spacial score (nSPS) is 26.4. The second-order valence-electron chi connectivity index (χ2n) is 17.3. The van der Waals surface area contributed by atoms with E-state index >= 15 is 0 Å². The lowest BCUT2D eigenvalue weighted by atomic mass is 9.38. The minimum Gasteiger partial charge on any atom is -0.457 e. The topological polar surface area (TPSA) is 61.0 Å². The number of nitrogens with zero attached hydrogens (tertiary/aromatic N) is 3. The van der Waals surface area contributed by atoms with Crippen molar-refractivity contribution in [1.82, 2.24) is 15.0 Å². The number of rotatable bonds is 3. The lowest BCUT2D eigenvalue weighted by Gasteiger charge is -2.66. The van der Waals surface area contributed by atoms with Crippen LogP contribution in [0, 0.1) is 23.2 Å². The molecule has 0 N–H and O–H groups in total. The van der Waals surface area contributed by atoms with Gasteiger partial charge in [0.2, 0.25) is 0 Å². The first-order chi connectivity index (χ1) is 27.1. The molecule has 6 aliphatic rings. The summed E-state index contributed by atoms with van der Waals surface area (Å²) < 4.78 is 13.1. The molecule has 14 rings (SSSR count). The van der Waals surface area contributed by atoms with Crippen molar-refractivity contribution in [3.63, 3.8) is 0 Å². The second-order valence-corrected chi connectivity index (χ2v) is 17.3. The third kappa shape index (κ3) is 3.42. The summed E-state index contributed by atoms with van der Waals surface area (Å²) in [5, 5.41) is 2.23. The first kappa shape index (κ1) is 29.3. The van der Waals surface area contributed by atoms with Crippen LogP contribution in [0.4, 0.5) is 0 Å². The number of hydrogen-bond donors (Lipinski definition) is 0. The summed E-state index contributed by atoms with van der Waals surface area (Å²) in [4.78, 5) is 16.3. The van der Waals surface area contributed by atoms with Gasteiger partial charge in [-0.05, 0) is 120 Å². The summed E-state index contributed by atoms with van der Waals surface area (Å²) in [5.74, 6) is 6.75. The summed E-state index contributed by atoms with van der Waals surface area (Å²) in [6, 6.07) is 47.7. The zero-order valence-corrected chi connectivity index (χ0v) is 30.1. The van der Waals surface area contributed by atoms with Crippen LogP contribution in [0.3, 0.4) is 0 Å². The van der Waals surface area contributed by atoms with Crippen LogP contribution in [0.25, 0.3) is 55.8 Å². The fourth-order valence-corrected chi connectivity index (χ4v) is 13.1. The quantitative estimate of drug-likeness (QED) is 0.183. The first-order valence-corrected chi connectivity index (χ1v) is 19.9. The Hall–Kier alpha value is -6.07. The van der Waals surface area contributed by atoms with E-state index < -0.39 is 5.41 Å². The van der Waals surface area contributed by atoms with Crippen LogP contribution in [-0.2, 0) is 10.8 Å². The number of benzene rings is 6. The highest BCUT2D eigenvalue weighted by Crippen LogP contribution is 2.84. The van der Waals surface area contributed by atoms with E-state index in [4.69, 9.17) is 24.1 Å². The molecule has 4 unspecified atom stereocenters. The van der Waals surface area contributed by atoms with Crippen molar-refractivity contribution < 1.29 is 9.15 Å². The molecule has 262 valence electrons. The van der Waals surface area contributed by atoms with Crippen molar-refractivity contribution in [1.29, 1.82) is 0 Å². The Morgan fingerprint density at radius 3 is 1.87 bits per heavy atom. The van der Waals surface area contributed by atoms with E-state index in [9.17, 15) is 0 Å². The highest BCUT2D eigenvalue weighted by Gasteiger charge is 2.78. The van der Waals surface area contributed by atoms with Crippen molar-refractivity contribution in [3.05, 3.63) is 162 Å². The zero-order chi connectivity index (χ0) is 35.7. The summed E-state index contributed by atoms with van der Waals surface area (Å²) >= 11 is 0. The maximum absolute atomic E-state index is 6.77. The molecule has 0 radical (unpaired) electrons. The van der Waals surface area contributed by atoms with Crippen molar-refractivity contribution in [2.45, 2.75) is 42.9 Å². The third-order valence-corrected chi connectivity index (χ3v) is 15.2. The minimum atomic E-state index is -0.555. The molecule has 3 heterocycles. The Morgan fingerprint density at radius 2 is 1.13 bits per heavy atom. The molecule has 0 saturated heterocycles. The number of hydrogen-bond acceptors (Lipinski definition) is 5. The standard InChI is InChI=1S/C50H35N3O2/c1-4-12-37-33(9-1)34-10-2-5-13-38(34)50(37)39-14-6-8-16-42(39)55-43-20-18-28(21-40(43)50)45-51-46(29-17-19-36-35-11-3-7-15-41(35)54-44(36)22-29)53-47(52-45)48-25-31-23-30-24-32(26-48)49(30,31)27-48/h1-22,30-32H,23-27H2/t30?,31-,32?,48?,49?/m0/s1. The van der Waals surface area contributed by atoms with Gasteiger partial charge in [0.25, 0.3) is 0 Å². The molecule has 2 bridgehead atoms. The van der Waals surface area contributed by atoms with Crippen LogP contribution in [0.5, 0.6) is 11.5 Å². The molecule has 6 aromatic carbocycles. The van der Waals surface area contributed by atoms with Crippen molar-refractivity contribution in [2.24, 2.45) is 23.2 Å². The number of fused-ring (bicyclic) bond motifs is 13. The fraction of sp³-hybridized carbons (Fsp3) is 0.220. The molecule has 4 saturated carbocycles. The van der Waals surface area contributed by atoms with Crippen molar-refractivity contribution in [2.75, 3.05) is 0 Å². The maximum atomic E-state index is 6.77. The highest BCUT2D eigenvalue weighted by atomic mass is 16.5. The van der Waals surface area contributed by atoms with Gasteiger partial charge in [-0.2, -0.15) is 0 Å². The maximum Gasteiger partial charge on any atom is 0.163 e. The molecule has 8 aromatic rings. The molecular formula is C50H35N3O2. The Morgan fingerprint density at radius 1 is 0.509 bits per heavy atom. The Labute approximate surface area is 318 Å². The van der Waals surface area contributed by atoms with E-state index in [-0.39, 0.29) is 5.41 Å². The van der Waals surface area contributed by atoms with Crippen LogP contribution in [-0.4, -0.2) is 15.0 Å². The largest absolute Gasteiger partial charge is 0.457 e. The molecule has 5 aliphatic carbocycles. The minimum absolute atomic E-state index is 0.0112. The van der Waals surface area contributed by atoms with Crippen LogP contribution < -0.4 is 4.74 Å². The van der Waals surface area contributed by atoms with Gasteiger partial charge in [-0.3, -0.25) is 0 Å². The van der Waals surface area contributed by atoms with Gasteiger partial charge in [0.1, 0.15) is 28.5 Å². The zero-order valence-electron chi connectivity index (χ0n) is 30.1. The summed E-state index contributed by atoms with van der Waals surface area (Å²) in [7, 11) is 0. The van der Waals surface area contributed by atoms with Gasteiger partial charge in [0, 0.05) is 38.4 Å². The van der Waals surface area contributed by atoms with Crippen LogP contribution in [0.15, 0.2) is 138 Å². The predicted molar refractivity (Wildman–Crippen MR) is 213 cm³/mol. The van der Waals surface area contributed by atoms with E-state index in [1.54, 1.807) is 0 Å². The van der Waals surface area contributed by atoms with Gasteiger partial charge in [0.05, 0.1) is 5.41 Å². The summed E-state index contributed by atoms with van der Waals surface area (Å²) in [6.07, 6.45) is 6.43. The SMILES string of the molecule is c1ccc2c(c1)Oc1ccc(-c3nc(-c4ccc5c(c4)oc4ccccc45)nc(C45CC6CC7C[C@@H](C4)C76C5)n3)cc1C21c2ccccc2-c2ccccc21.